The number of nitrogens with zero attached hydrogens (tertiary/aromatic N) is 4. The molecule has 1 aromatic carbocycles. The molecule has 8 heteroatoms. The molecule has 0 spiro atoms. The zero-order chi connectivity index (χ0) is 18.7. The molecule has 3 aromatic rings. The number of nitrogens with one attached hydrogen (secondary N) is 1. The monoisotopic (exact) mass is 367 g/mol. The van der Waals surface area contributed by atoms with Crippen LogP contribution >= 0.6 is 11.8 Å². The quantitative estimate of drug-likeness (QED) is 0.695. The summed E-state index contributed by atoms with van der Waals surface area (Å²) in [6.07, 6.45) is 1.61. The first kappa shape index (κ1) is 17.8. The largest absolute Gasteiger partial charge is 0.469 e. The second-order valence-corrected chi connectivity index (χ2v) is 7.00. The van der Waals surface area contributed by atoms with Gasteiger partial charge in [-0.25, -0.2) is 0 Å². The smallest absolute Gasteiger partial charge is 0.237 e. The molecule has 132 valence electrons. The molecular weight excluding hydrogens is 350 g/mol. The van der Waals surface area contributed by atoms with Crippen molar-refractivity contribution in [3.63, 3.8) is 0 Å². The van der Waals surface area contributed by atoms with Crippen LogP contribution in [-0.2, 0) is 11.8 Å². The summed E-state index contributed by atoms with van der Waals surface area (Å²) in [5.74, 6) is 1.31. The second kappa shape index (κ2) is 7.45. The van der Waals surface area contributed by atoms with E-state index < -0.39 is 0 Å². The fraction of sp³-hybridized carbons (Fsp3) is 0.222. The average molecular weight is 367 g/mol. The molecule has 0 saturated carbocycles. The van der Waals surface area contributed by atoms with Crippen molar-refractivity contribution in [3.05, 3.63) is 47.9 Å². The lowest BCUT2D eigenvalue weighted by Crippen LogP contribution is -2.22. The van der Waals surface area contributed by atoms with E-state index in [1.165, 1.54) is 11.8 Å². The van der Waals surface area contributed by atoms with Gasteiger partial charge in [0.25, 0.3) is 0 Å². The fourth-order valence-electron chi connectivity index (χ4n) is 2.35. The number of aryl methyl sites for hydroxylation is 1. The first-order valence-corrected chi connectivity index (χ1v) is 8.79. The van der Waals surface area contributed by atoms with E-state index in [9.17, 15) is 4.79 Å². The van der Waals surface area contributed by atoms with Gasteiger partial charge in [0.15, 0.2) is 11.0 Å². The van der Waals surface area contributed by atoms with Gasteiger partial charge >= 0.3 is 0 Å². The third-order valence-electron chi connectivity index (χ3n) is 3.87. The first-order valence-electron chi connectivity index (χ1n) is 7.91. The predicted octanol–water partition coefficient (Wildman–Crippen LogP) is 3.37. The van der Waals surface area contributed by atoms with Crippen LogP contribution < -0.4 is 5.32 Å². The van der Waals surface area contributed by atoms with Gasteiger partial charge in [-0.15, -0.1) is 10.2 Å². The summed E-state index contributed by atoms with van der Waals surface area (Å²) in [4.78, 5) is 12.4. The van der Waals surface area contributed by atoms with E-state index in [0.717, 1.165) is 11.3 Å². The Bertz CT molecular complexity index is 968. The Morgan fingerprint density at radius 2 is 2.04 bits per heavy atom. The van der Waals surface area contributed by atoms with Crippen molar-refractivity contribution in [3.8, 4) is 17.5 Å². The number of nitriles is 1. The Hall–Kier alpha value is -3.05. The van der Waals surface area contributed by atoms with Crippen molar-refractivity contribution in [1.29, 1.82) is 5.26 Å². The number of carbonyl (C=O) groups excluding carboxylic acids is 1. The Morgan fingerprint density at radius 3 is 2.65 bits per heavy atom. The van der Waals surface area contributed by atoms with Gasteiger partial charge < -0.3 is 14.3 Å². The van der Waals surface area contributed by atoms with Crippen LogP contribution in [0.15, 0.2) is 46.2 Å². The van der Waals surface area contributed by atoms with Gasteiger partial charge in [-0.2, -0.15) is 5.26 Å². The lowest BCUT2D eigenvalue weighted by atomic mass is 10.2. The first-order chi connectivity index (χ1) is 12.5. The molecule has 0 saturated heterocycles. The SMILES string of the molecule is Cc1occc1-c1nnc(SC(C)C(=O)Nc2ccc(C#N)cc2)n1C. The van der Waals surface area contributed by atoms with Crippen LogP contribution in [0.1, 0.15) is 18.2 Å². The van der Waals surface area contributed by atoms with E-state index in [-0.39, 0.29) is 11.2 Å². The standard InChI is InChI=1S/C18H17N5O2S/c1-11-15(8-9-25-11)16-21-22-18(23(16)3)26-12(2)17(24)20-14-6-4-13(10-19)5-7-14/h4-9,12H,1-3H3,(H,20,24). The van der Waals surface area contributed by atoms with Crippen LogP contribution in [0.4, 0.5) is 5.69 Å². The maximum atomic E-state index is 12.4. The molecule has 1 amide bonds. The molecule has 0 radical (unpaired) electrons. The molecule has 0 fully saturated rings. The number of benzene rings is 1. The van der Waals surface area contributed by atoms with Gasteiger partial charge in [-0.1, -0.05) is 11.8 Å². The zero-order valence-corrected chi connectivity index (χ0v) is 15.4. The summed E-state index contributed by atoms with van der Waals surface area (Å²) >= 11 is 1.32. The van der Waals surface area contributed by atoms with Crippen LogP contribution in [0.2, 0.25) is 0 Å². The predicted molar refractivity (Wildman–Crippen MR) is 98.5 cm³/mol. The molecule has 1 N–H and O–H groups in total. The van der Waals surface area contributed by atoms with Crippen LogP contribution in [0, 0.1) is 18.3 Å². The molecule has 2 heterocycles. The van der Waals surface area contributed by atoms with E-state index in [4.69, 9.17) is 9.68 Å². The van der Waals surface area contributed by atoms with Crippen LogP contribution in [0.5, 0.6) is 0 Å². The number of anilines is 1. The second-order valence-electron chi connectivity index (χ2n) is 5.69. The molecule has 2 aromatic heterocycles. The summed E-state index contributed by atoms with van der Waals surface area (Å²) in [6, 6.07) is 10.6. The molecule has 1 atom stereocenters. The lowest BCUT2D eigenvalue weighted by Gasteiger charge is -2.11. The summed E-state index contributed by atoms with van der Waals surface area (Å²) in [5.41, 5.74) is 2.07. The minimum Gasteiger partial charge on any atom is -0.469 e. The van der Waals surface area contributed by atoms with Gasteiger partial charge in [0.2, 0.25) is 5.91 Å². The highest BCUT2D eigenvalue weighted by Crippen LogP contribution is 2.28. The van der Waals surface area contributed by atoms with Gasteiger partial charge in [0.1, 0.15) is 5.76 Å². The van der Waals surface area contributed by atoms with Crippen molar-refractivity contribution >= 4 is 23.4 Å². The summed E-state index contributed by atoms with van der Waals surface area (Å²) < 4.78 is 7.15. The maximum absolute atomic E-state index is 12.4. The van der Waals surface area contributed by atoms with Gasteiger partial charge in [-0.05, 0) is 44.2 Å². The molecule has 0 bridgehead atoms. The van der Waals surface area contributed by atoms with Gasteiger partial charge in [0, 0.05) is 12.7 Å². The topological polar surface area (TPSA) is 96.7 Å². The van der Waals surface area contributed by atoms with Crippen LogP contribution in [0.3, 0.4) is 0 Å². The highest BCUT2D eigenvalue weighted by molar-refractivity contribution is 8.00. The number of hydrogen-bond acceptors (Lipinski definition) is 6. The zero-order valence-electron chi connectivity index (χ0n) is 14.6. The van der Waals surface area contributed by atoms with E-state index in [2.05, 4.69) is 15.5 Å². The fourth-order valence-corrected chi connectivity index (χ4v) is 3.17. The normalized spacial score (nSPS) is 11.8. The van der Waals surface area contributed by atoms with Gasteiger partial charge in [0.05, 0.1) is 28.7 Å². The molecular formula is C18H17N5O2S. The number of rotatable bonds is 5. The third kappa shape index (κ3) is 3.63. The van der Waals surface area contributed by atoms with Crippen molar-refractivity contribution in [2.45, 2.75) is 24.3 Å². The molecule has 1 unspecified atom stereocenters. The summed E-state index contributed by atoms with van der Waals surface area (Å²) in [6.45, 7) is 3.67. The highest BCUT2D eigenvalue weighted by atomic mass is 32.2. The molecule has 7 nitrogen and oxygen atoms in total. The van der Waals surface area contributed by atoms with E-state index >= 15 is 0 Å². The highest BCUT2D eigenvalue weighted by Gasteiger charge is 2.20. The Kier molecular flexibility index (Phi) is 5.09. The Labute approximate surface area is 155 Å². The minimum atomic E-state index is -0.369. The van der Waals surface area contributed by atoms with Gasteiger partial charge in [-0.3, -0.25) is 4.79 Å². The number of thioether (sulfide) groups is 1. The average Bonchev–Trinajstić information content (AvgIpc) is 3.21. The molecule has 26 heavy (non-hydrogen) atoms. The molecule has 0 aliphatic carbocycles. The number of furan rings is 1. The summed E-state index contributed by atoms with van der Waals surface area (Å²) in [5, 5.41) is 20.3. The maximum Gasteiger partial charge on any atom is 0.237 e. The Morgan fingerprint density at radius 1 is 1.31 bits per heavy atom. The Balaban J connectivity index is 1.68. The molecule has 3 rings (SSSR count). The third-order valence-corrected chi connectivity index (χ3v) is 5.00. The van der Waals surface area contributed by atoms with Crippen molar-refractivity contribution in [2.24, 2.45) is 7.05 Å². The van der Waals surface area contributed by atoms with E-state index in [0.29, 0.717) is 22.2 Å². The molecule has 0 aliphatic heterocycles. The van der Waals surface area contributed by atoms with Crippen LogP contribution in [-0.4, -0.2) is 25.9 Å². The number of amides is 1. The molecule has 0 aliphatic rings. The number of hydrogen-bond donors (Lipinski definition) is 1. The minimum absolute atomic E-state index is 0.149. The number of aromatic nitrogens is 3. The van der Waals surface area contributed by atoms with E-state index in [1.54, 1.807) is 37.5 Å². The van der Waals surface area contributed by atoms with Crippen molar-refractivity contribution in [2.75, 3.05) is 5.32 Å². The lowest BCUT2D eigenvalue weighted by molar-refractivity contribution is -0.115. The van der Waals surface area contributed by atoms with Crippen molar-refractivity contribution < 1.29 is 9.21 Å². The van der Waals surface area contributed by atoms with Crippen molar-refractivity contribution in [1.82, 2.24) is 14.8 Å². The van der Waals surface area contributed by atoms with E-state index in [1.807, 2.05) is 30.7 Å². The van der Waals surface area contributed by atoms with Crippen LogP contribution in [0.25, 0.3) is 11.4 Å². The number of carbonyl (C=O) groups is 1. The summed E-state index contributed by atoms with van der Waals surface area (Å²) in [7, 11) is 1.86.